The Labute approximate surface area is 173 Å². The molecule has 7 nitrogen and oxygen atoms in total. The van der Waals surface area contributed by atoms with Crippen molar-refractivity contribution in [2.24, 2.45) is 0 Å². The molecule has 0 bridgehead atoms. The molecule has 1 aliphatic heterocycles. The van der Waals surface area contributed by atoms with Gasteiger partial charge in [-0.05, 0) is 6.07 Å². The molecule has 5 rings (SSSR count). The van der Waals surface area contributed by atoms with Gasteiger partial charge >= 0.3 is 0 Å². The Morgan fingerprint density at radius 3 is 2.63 bits per heavy atom. The number of carbonyl (C=O) groups excluding carboxylic acids is 1. The van der Waals surface area contributed by atoms with Crippen molar-refractivity contribution in [3.05, 3.63) is 72.6 Å². The van der Waals surface area contributed by atoms with Crippen LogP contribution in [0.3, 0.4) is 0 Å². The van der Waals surface area contributed by atoms with Crippen molar-refractivity contribution in [3.63, 3.8) is 0 Å². The maximum absolute atomic E-state index is 12.8. The van der Waals surface area contributed by atoms with Crippen molar-refractivity contribution >= 4 is 16.7 Å². The topological polar surface area (TPSA) is 81.4 Å². The molecule has 3 heterocycles. The molecule has 150 valence electrons. The average molecular weight is 400 g/mol. The number of aromatic nitrogens is 3. The van der Waals surface area contributed by atoms with Crippen molar-refractivity contribution in [1.82, 2.24) is 20.3 Å². The number of rotatable bonds is 4. The van der Waals surface area contributed by atoms with Crippen molar-refractivity contribution < 1.29 is 14.1 Å². The van der Waals surface area contributed by atoms with Gasteiger partial charge in [0.2, 0.25) is 5.88 Å². The summed E-state index contributed by atoms with van der Waals surface area (Å²) < 4.78 is 11.5. The zero-order valence-corrected chi connectivity index (χ0v) is 16.3. The van der Waals surface area contributed by atoms with Crippen LogP contribution in [0.4, 0.5) is 0 Å². The van der Waals surface area contributed by atoms with Gasteiger partial charge in [-0.25, -0.2) is 0 Å². The Balaban J connectivity index is 1.23. The minimum absolute atomic E-state index is 0.00801. The fraction of sp³-hybridized carbons (Fsp3) is 0.217. The van der Waals surface area contributed by atoms with Gasteiger partial charge in [-0.2, -0.15) is 5.10 Å². The van der Waals surface area contributed by atoms with Gasteiger partial charge in [0.15, 0.2) is 11.5 Å². The number of carbonyl (C=O) groups is 1. The zero-order valence-electron chi connectivity index (χ0n) is 16.3. The molecule has 0 N–H and O–H groups in total. The van der Waals surface area contributed by atoms with Gasteiger partial charge in [0.05, 0.1) is 6.20 Å². The molecule has 4 aromatic rings. The number of benzene rings is 2. The van der Waals surface area contributed by atoms with Crippen LogP contribution in [0.1, 0.15) is 23.3 Å². The fourth-order valence-electron chi connectivity index (χ4n) is 3.70. The summed E-state index contributed by atoms with van der Waals surface area (Å²) in [7, 11) is 0. The molecular weight excluding hydrogens is 380 g/mol. The van der Waals surface area contributed by atoms with Crippen LogP contribution in [0.5, 0.6) is 5.88 Å². The minimum atomic E-state index is -0.121. The van der Waals surface area contributed by atoms with E-state index in [2.05, 4.69) is 15.4 Å². The van der Waals surface area contributed by atoms with E-state index in [0.29, 0.717) is 30.4 Å². The zero-order chi connectivity index (χ0) is 20.3. The predicted octanol–water partition coefficient (Wildman–Crippen LogP) is 3.97. The Bertz CT molecular complexity index is 1160. The van der Waals surface area contributed by atoms with E-state index in [9.17, 15) is 4.79 Å². The van der Waals surface area contributed by atoms with Crippen LogP contribution in [-0.2, 0) is 0 Å². The number of ether oxygens (including phenoxy) is 1. The molecule has 7 heteroatoms. The van der Waals surface area contributed by atoms with Crippen molar-refractivity contribution in [3.8, 4) is 17.2 Å². The largest absolute Gasteiger partial charge is 0.473 e. The van der Waals surface area contributed by atoms with E-state index in [0.717, 1.165) is 29.2 Å². The second kappa shape index (κ2) is 7.94. The monoisotopic (exact) mass is 400 g/mol. The molecule has 30 heavy (non-hydrogen) atoms. The molecule has 0 atom stereocenters. The Kier molecular flexibility index (Phi) is 4.85. The smallest absolute Gasteiger partial charge is 0.276 e. The SMILES string of the molecule is O=C(c1cc(-c2ccccc2)on1)N1CCC(Oc2nncc3ccccc23)CC1. The molecule has 0 unspecified atom stereocenters. The summed E-state index contributed by atoms with van der Waals surface area (Å²) >= 11 is 0. The molecule has 0 aliphatic carbocycles. The second-order valence-corrected chi connectivity index (χ2v) is 7.29. The Morgan fingerprint density at radius 2 is 1.80 bits per heavy atom. The van der Waals surface area contributed by atoms with Crippen molar-refractivity contribution in [2.45, 2.75) is 18.9 Å². The van der Waals surface area contributed by atoms with Crippen LogP contribution < -0.4 is 4.74 Å². The van der Waals surface area contributed by atoms with Crippen LogP contribution in [0, 0.1) is 0 Å². The summed E-state index contributed by atoms with van der Waals surface area (Å²) in [6.45, 7) is 1.18. The number of fused-ring (bicyclic) bond motifs is 1. The van der Waals surface area contributed by atoms with E-state index in [4.69, 9.17) is 9.26 Å². The van der Waals surface area contributed by atoms with E-state index in [-0.39, 0.29) is 12.0 Å². The van der Waals surface area contributed by atoms with Crippen LogP contribution in [0.25, 0.3) is 22.1 Å². The van der Waals surface area contributed by atoms with Crippen LogP contribution in [-0.4, -0.2) is 45.4 Å². The molecule has 0 saturated carbocycles. The van der Waals surface area contributed by atoms with E-state index >= 15 is 0 Å². The maximum Gasteiger partial charge on any atom is 0.276 e. The lowest BCUT2D eigenvalue weighted by Crippen LogP contribution is -2.42. The standard InChI is InChI=1S/C23H20N4O3/c28-23(20-14-21(30-26-20)16-6-2-1-3-7-16)27-12-10-18(11-13-27)29-22-19-9-5-4-8-17(19)15-24-25-22/h1-9,14-15,18H,10-13H2. The molecular formula is C23H20N4O3. The van der Waals surface area contributed by atoms with E-state index < -0.39 is 0 Å². The van der Waals surface area contributed by atoms with E-state index in [1.54, 1.807) is 17.2 Å². The summed E-state index contributed by atoms with van der Waals surface area (Å²) in [4.78, 5) is 14.6. The highest BCUT2D eigenvalue weighted by atomic mass is 16.5. The van der Waals surface area contributed by atoms with Gasteiger partial charge < -0.3 is 14.2 Å². The minimum Gasteiger partial charge on any atom is -0.473 e. The molecule has 0 spiro atoms. The Hall–Kier alpha value is -3.74. The van der Waals surface area contributed by atoms with Crippen molar-refractivity contribution in [1.29, 1.82) is 0 Å². The Morgan fingerprint density at radius 1 is 1.03 bits per heavy atom. The number of hydrogen-bond donors (Lipinski definition) is 0. The first-order chi connectivity index (χ1) is 14.8. The van der Waals surface area contributed by atoms with Gasteiger partial charge in [0.25, 0.3) is 5.91 Å². The summed E-state index contributed by atoms with van der Waals surface area (Å²) in [6.07, 6.45) is 3.16. The quantitative estimate of drug-likeness (QED) is 0.516. The molecule has 2 aromatic carbocycles. The lowest BCUT2D eigenvalue weighted by atomic mass is 10.1. The molecule has 1 fully saturated rings. The summed E-state index contributed by atoms with van der Waals surface area (Å²) in [5.74, 6) is 1.01. The van der Waals surface area contributed by atoms with Gasteiger partial charge in [-0.3, -0.25) is 4.79 Å². The number of amides is 1. The summed E-state index contributed by atoms with van der Waals surface area (Å²) in [6, 6.07) is 19.2. The highest BCUT2D eigenvalue weighted by Crippen LogP contribution is 2.26. The summed E-state index contributed by atoms with van der Waals surface area (Å²) in [5.41, 5.74) is 1.22. The first-order valence-electron chi connectivity index (χ1n) is 9.96. The van der Waals surface area contributed by atoms with Crippen LogP contribution in [0.15, 0.2) is 71.4 Å². The number of hydrogen-bond acceptors (Lipinski definition) is 6. The number of likely N-dealkylation sites (tertiary alicyclic amines) is 1. The van der Waals surface area contributed by atoms with Gasteiger partial charge in [-0.15, -0.1) is 5.10 Å². The van der Waals surface area contributed by atoms with Gasteiger partial charge in [-0.1, -0.05) is 53.7 Å². The lowest BCUT2D eigenvalue weighted by molar-refractivity contribution is 0.0580. The fourth-order valence-corrected chi connectivity index (χ4v) is 3.70. The van der Waals surface area contributed by atoms with Gasteiger partial charge in [0, 0.05) is 48.3 Å². The van der Waals surface area contributed by atoms with Crippen molar-refractivity contribution in [2.75, 3.05) is 13.1 Å². The first kappa shape index (κ1) is 18.3. The third kappa shape index (κ3) is 3.61. The maximum atomic E-state index is 12.8. The predicted molar refractivity (Wildman–Crippen MR) is 111 cm³/mol. The van der Waals surface area contributed by atoms with Gasteiger partial charge in [0.1, 0.15) is 6.10 Å². The van der Waals surface area contributed by atoms with E-state index in [1.165, 1.54) is 0 Å². The van der Waals surface area contributed by atoms with E-state index in [1.807, 2.05) is 54.6 Å². The number of nitrogens with zero attached hydrogens (tertiary/aromatic N) is 4. The molecule has 1 amide bonds. The molecule has 0 radical (unpaired) electrons. The lowest BCUT2D eigenvalue weighted by Gasteiger charge is -2.31. The highest BCUT2D eigenvalue weighted by Gasteiger charge is 2.27. The normalized spacial score (nSPS) is 14.7. The molecule has 1 aliphatic rings. The number of piperidine rings is 1. The third-order valence-electron chi connectivity index (χ3n) is 5.33. The van der Waals surface area contributed by atoms with Crippen LogP contribution in [0.2, 0.25) is 0 Å². The highest BCUT2D eigenvalue weighted by molar-refractivity contribution is 5.93. The second-order valence-electron chi connectivity index (χ2n) is 7.29. The molecule has 1 saturated heterocycles. The first-order valence-corrected chi connectivity index (χ1v) is 9.96. The summed E-state index contributed by atoms with van der Waals surface area (Å²) in [5, 5.41) is 14.1. The third-order valence-corrected chi connectivity index (χ3v) is 5.33. The molecule has 2 aromatic heterocycles. The van der Waals surface area contributed by atoms with Crippen LogP contribution >= 0.6 is 0 Å². The average Bonchev–Trinajstić information content (AvgIpc) is 3.30.